The van der Waals surface area contributed by atoms with Gasteiger partial charge in [0, 0.05) is 42.4 Å². The van der Waals surface area contributed by atoms with Crippen LogP contribution in [0, 0.1) is 11.2 Å². The largest absolute Gasteiger partial charge is 0.444 e. The topological polar surface area (TPSA) is 80.8 Å². The van der Waals surface area contributed by atoms with Crippen molar-refractivity contribution in [3.63, 3.8) is 0 Å². The highest BCUT2D eigenvalue weighted by Gasteiger charge is 2.46. The zero-order valence-corrected chi connectivity index (χ0v) is 19.2. The third-order valence-electron chi connectivity index (χ3n) is 6.83. The predicted molar refractivity (Wildman–Crippen MR) is 126 cm³/mol. The molecule has 1 spiro atoms. The molecule has 2 amide bonds. The first kappa shape index (κ1) is 21.6. The molecule has 2 saturated heterocycles. The third kappa shape index (κ3) is 3.57. The number of amides is 2. The number of ether oxygens (including phenoxy) is 1. The summed E-state index contributed by atoms with van der Waals surface area (Å²) < 4.78 is 22.3. The molecule has 0 radical (unpaired) electrons. The van der Waals surface area contributed by atoms with E-state index in [2.05, 4.69) is 4.90 Å². The average Bonchev–Trinajstić information content (AvgIpc) is 3.43. The first-order chi connectivity index (χ1) is 15.6. The average molecular weight is 453 g/mol. The monoisotopic (exact) mass is 452 g/mol. The first-order valence-corrected chi connectivity index (χ1v) is 11.3. The number of anilines is 1. The number of hydrogen-bond donors (Lipinski definition) is 1. The summed E-state index contributed by atoms with van der Waals surface area (Å²) in [4.78, 5) is 28.6. The molecule has 8 heteroatoms. The van der Waals surface area contributed by atoms with E-state index in [0.29, 0.717) is 48.3 Å². The van der Waals surface area contributed by atoms with Gasteiger partial charge < -0.3 is 20.3 Å². The Hall–Kier alpha value is -3.29. The third-order valence-corrected chi connectivity index (χ3v) is 6.83. The van der Waals surface area contributed by atoms with Crippen LogP contribution in [0.25, 0.3) is 21.8 Å². The Morgan fingerprint density at radius 1 is 1.03 bits per heavy atom. The van der Waals surface area contributed by atoms with Crippen LogP contribution in [0.1, 0.15) is 33.6 Å². The van der Waals surface area contributed by atoms with Gasteiger partial charge in [-0.15, -0.1) is 0 Å². The highest BCUT2D eigenvalue weighted by Crippen LogP contribution is 2.45. The van der Waals surface area contributed by atoms with Crippen molar-refractivity contribution in [1.29, 1.82) is 0 Å². The Kier molecular flexibility index (Phi) is 4.81. The summed E-state index contributed by atoms with van der Waals surface area (Å²) in [7, 11) is 0. The van der Waals surface area contributed by atoms with Crippen LogP contribution in [0.4, 0.5) is 19.7 Å². The minimum Gasteiger partial charge on any atom is -0.444 e. The van der Waals surface area contributed by atoms with Crippen LogP contribution in [-0.2, 0) is 4.74 Å². The van der Waals surface area contributed by atoms with Crippen molar-refractivity contribution in [2.24, 2.45) is 11.1 Å². The molecular formula is C25H29FN4O3. The molecule has 0 saturated carbocycles. The highest BCUT2D eigenvalue weighted by atomic mass is 19.1. The van der Waals surface area contributed by atoms with E-state index in [-0.39, 0.29) is 17.3 Å². The van der Waals surface area contributed by atoms with Gasteiger partial charge >= 0.3 is 12.1 Å². The number of rotatable bonds is 1. The number of halogens is 1. The van der Waals surface area contributed by atoms with Crippen LogP contribution >= 0.6 is 0 Å². The van der Waals surface area contributed by atoms with E-state index in [1.807, 2.05) is 45.0 Å². The second-order valence-corrected chi connectivity index (χ2v) is 10.3. The second-order valence-electron chi connectivity index (χ2n) is 10.3. The van der Waals surface area contributed by atoms with Crippen molar-refractivity contribution < 1.29 is 18.7 Å². The molecule has 0 bridgehead atoms. The first-order valence-electron chi connectivity index (χ1n) is 11.3. The van der Waals surface area contributed by atoms with Crippen LogP contribution in [0.3, 0.4) is 0 Å². The van der Waals surface area contributed by atoms with Crippen molar-refractivity contribution in [3.8, 4) is 0 Å². The van der Waals surface area contributed by atoms with Gasteiger partial charge in [-0.3, -0.25) is 4.57 Å². The lowest BCUT2D eigenvalue weighted by Crippen LogP contribution is -2.37. The summed E-state index contributed by atoms with van der Waals surface area (Å²) in [5, 5.41) is 1.49. The lowest BCUT2D eigenvalue weighted by molar-refractivity contribution is 0.0276. The number of primary amides is 1. The van der Waals surface area contributed by atoms with E-state index >= 15 is 4.39 Å². The molecule has 1 atom stereocenters. The SMILES string of the molecule is CC(C)(C)OC(=O)N1CCC2(CCN(c3c(F)ccc4c3c3ccccc3n4C(N)=O)C2)C1. The Morgan fingerprint density at radius 2 is 1.76 bits per heavy atom. The zero-order chi connectivity index (χ0) is 23.5. The van der Waals surface area contributed by atoms with E-state index in [0.717, 1.165) is 18.2 Å². The van der Waals surface area contributed by atoms with Crippen LogP contribution in [-0.4, -0.2) is 53.4 Å². The number of likely N-dealkylation sites (tertiary alicyclic amines) is 1. The number of carbonyl (C=O) groups is 2. The van der Waals surface area contributed by atoms with Gasteiger partial charge in [0.05, 0.1) is 16.7 Å². The summed E-state index contributed by atoms with van der Waals surface area (Å²) in [6, 6.07) is 9.86. The standard InChI is InChI=1S/C25H29FN4O3/c1-24(2,3)33-23(32)29-13-11-25(15-29)10-12-28(14-25)21-17(26)8-9-19-20(21)16-6-4-5-7-18(16)30(19)22(27)31/h4-9H,10-15H2,1-3H3,(H2,27,31). The molecule has 33 heavy (non-hydrogen) atoms. The van der Waals surface area contributed by atoms with Gasteiger partial charge in [0.1, 0.15) is 11.4 Å². The Labute approximate surface area is 191 Å². The molecule has 2 aromatic carbocycles. The van der Waals surface area contributed by atoms with Crippen molar-refractivity contribution in [3.05, 3.63) is 42.2 Å². The lowest BCUT2D eigenvalue weighted by Gasteiger charge is -2.27. The van der Waals surface area contributed by atoms with E-state index in [1.165, 1.54) is 10.6 Å². The van der Waals surface area contributed by atoms with E-state index in [4.69, 9.17) is 10.5 Å². The number of nitrogens with two attached hydrogens (primary N) is 1. The van der Waals surface area contributed by atoms with E-state index < -0.39 is 11.6 Å². The second kappa shape index (κ2) is 7.37. The fraction of sp³-hybridized carbons (Fsp3) is 0.440. The normalized spacial score (nSPS) is 21.0. The Bertz CT molecular complexity index is 1280. The van der Waals surface area contributed by atoms with Crippen LogP contribution < -0.4 is 10.6 Å². The number of aromatic nitrogens is 1. The molecular weight excluding hydrogens is 423 g/mol. The molecule has 2 fully saturated rings. The summed E-state index contributed by atoms with van der Waals surface area (Å²) in [6.45, 7) is 8.13. The van der Waals surface area contributed by atoms with Crippen molar-refractivity contribution in [1.82, 2.24) is 9.47 Å². The summed E-state index contributed by atoms with van der Waals surface area (Å²) >= 11 is 0. The van der Waals surface area contributed by atoms with Gasteiger partial charge in [-0.25, -0.2) is 14.0 Å². The smallest absolute Gasteiger partial charge is 0.410 e. The summed E-state index contributed by atoms with van der Waals surface area (Å²) in [5.41, 5.74) is 6.80. The quantitative estimate of drug-likeness (QED) is 0.580. The number of fused-ring (bicyclic) bond motifs is 3. The number of carbonyl (C=O) groups excluding carboxylic acids is 2. The molecule has 2 aliphatic rings. The maximum absolute atomic E-state index is 15.3. The van der Waals surface area contributed by atoms with Crippen LogP contribution in [0.2, 0.25) is 0 Å². The van der Waals surface area contributed by atoms with E-state index in [1.54, 1.807) is 11.0 Å². The number of nitrogens with zero attached hydrogens (tertiary/aromatic N) is 3. The van der Waals surface area contributed by atoms with Crippen molar-refractivity contribution in [2.45, 2.75) is 39.2 Å². The van der Waals surface area contributed by atoms with E-state index in [9.17, 15) is 9.59 Å². The Balaban J connectivity index is 1.50. The molecule has 0 aliphatic carbocycles. The molecule has 5 rings (SSSR count). The number of hydrogen-bond acceptors (Lipinski definition) is 4. The summed E-state index contributed by atoms with van der Waals surface area (Å²) in [5.74, 6) is -0.325. The zero-order valence-electron chi connectivity index (χ0n) is 19.2. The lowest BCUT2D eigenvalue weighted by atomic mass is 9.86. The molecule has 1 unspecified atom stereocenters. The maximum atomic E-state index is 15.3. The fourth-order valence-electron chi connectivity index (χ4n) is 5.44. The van der Waals surface area contributed by atoms with Gasteiger partial charge in [-0.1, -0.05) is 18.2 Å². The molecule has 2 aliphatic heterocycles. The Morgan fingerprint density at radius 3 is 2.48 bits per heavy atom. The van der Waals surface area contributed by atoms with Gasteiger partial charge in [-0.2, -0.15) is 0 Å². The van der Waals surface area contributed by atoms with Crippen molar-refractivity contribution >= 4 is 39.6 Å². The fourth-order valence-corrected chi connectivity index (χ4v) is 5.44. The minimum atomic E-state index is -0.597. The minimum absolute atomic E-state index is 0.104. The number of benzene rings is 2. The molecule has 1 aromatic heterocycles. The molecule has 7 nitrogen and oxygen atoms in total. The molecule has 174 valence electrons. The van der Waals surface area contributed by atoms with Crippen molar-refractivity contribution in [2.75, 3.05) is 31.1 Å². The number of para-hydroxylation sites is 1. The van der Waals surface area contributed by atoms with Gasteiger partial charge in [0.25, 0.3) is 0 Å². The van der Waals surface area contributed by atoms with Gasteiger partial charge in [-0.05, 0) is 51.8 Å². The van der Waals surface area contributed by atoms with Gasteiger partial charge in [0.2, 0.25) is 0 Å². The van der Waals surface area contributed by atoms with Crippen LogP contribution in [0.15, 0.2) is 36.4 Å². The van der Waals surface area contributed by atoms with Crippen LogP contribution in [0.5, 0.6) is 0 Å². The molecule has 3 aromatic rings. The predicted octanol–water partition coefficient (Wildman–Crippen LogP) is 4.70. The summed E-state index contributed by atoms with van der Waals surface area (Å²) in [6.07, 6.45) is 1.41. The highest BCUT2D eigenvalue weighted by molar-refractivity contribution is 6.17. The van der Waals surface area contributed by atoms with Gasteiger partial charge in [0.15, 0.2) is 0 Å². The molecule has 2 N–H and O–H groups in total. The molecule has 3 heterocycles. The maximum Gasteiger partial charge on any atom is 0.410 e.